The van der Waals surface area contributed by atoms with Gasteiger partial charge in [-0.3, -0.25) is 0 Å². The lowest BCUT2D eigenvalue weighted by atomic mass is 9.57. The molecule has 5 nitrogen and oxygen atoms in total. The predicted octanol–water partition coefficient (Wildman–Crippen LogP) is 1.40. The van der Waals surface area contributed by atoms with Gasteiger partial charge in [-0.15, -0.1) is 0 Å². The molecule has 114 valence electrons. The molecule has 2 aliphatic carbocycles. The van der Waals surface area contributed by atoms with Crippen molar-refractivity contribution in [3.63, 3.8) is 0 Å². The number of aliphatic hydroxyl groups excluding tert-OH is 1. The van der Waals surface area contributed by atoms with Crippen LogP contribution >= 0.6 is 0 Å². The summed E-state index contributed by atoms with van der Waals surface area (Å²) in [6, 6.07) is -0.0577. The van der Waals surface area contributed by atoms with Crippen molar-refractivity contribution in [2.24, 2.45) is 11.3 Å². The van der Waals surface area contributed by atoms with E-state index >= 15 is 0 Å². The Labute approximate surface area is 120 Å². The Morgan fingerprint density at radius 2 is 1.95 bits per heavy atom. The summed E-state index contributed by atoms with van der Waals surface area (Å²) in [7, 11) is 0. The number of carbonyl (C=O) groups is 1. The largest absolute Gasteiger partial charge is 0.391 e. The second kappa shape index (κ2) is 5.19. The number of urea groups is 1. The fraction of sp³-hybridized carbons (Fsp3) is 0.933. The summed E-state index contributed by atoms with van der Waals surface area (Å²) >= 11 is 0. The van der Waals surface area contributed by atoms with E-state index in [1.54, 1.807) is 0 Å². The summed E-state index contributed by atoms with van der Waals surface area (Å²) in [5.74, 6) is 0.451. The van der Waals surface area contributed by atoms with Gasteiger partial charge < -0.3 is 20.5 Å². The summed E-state index contributed by atoms with van der Waals surface area (Å²) in [6.45, 7) is 5.11. The third-order valence-electron chi connectivity index (χ3n) is 5.43. The molecule has 5 unspecified atom stereocenters. The van der Waals surface area contributed by atoms with Gasteiger partial charge in [-0.2, -0.15) is 0 Å². The molecular formula is C15H26N2O3. The van der Waals surface area contributed by atoms with Crippen molar-refractivity contribution >= 4 is 6.03 Å². The molecule has 3 fully saturated rings. The fourth-order valence-electron chi connectivity index (χ4n) is 4.25. The van der Waals surface area contributed by atoms with Crippen LogP contribution in [0.1, 0.15) is 46.0 Å². The highest BCUT2D eigenvalue weighted by molar-refractivity contribution is 5.75. The molecule has 3 N–H and O–H groups in total. The molecule has 1 heterocycles. The zero-order chi connectivity index (χ0) is 14.3. The number of aliphatic hydroxyl groups is 1. The Balaban J connectivity index is 1.54. The molecule has 0 spiro atoms. The molecule has 20 heavy (non-hydrogen) atoms. The summed E-state index contributed by atoms with van der Waals surface area (Å²) < 4.78 is 5.73. The molecule has 0 aromatic carbocycles. The minimum atomic E-state index is -0.397. The van der Waals surface area contributed by atoms with Gasteiger partial charge in [0, 0.05) is 24.0 Å². The molecular weight excluding hydrogens is 256 g/mol. The molecule has 3 aliphatic rings. The van der Waals surface area contributed by atoms with Gasteiger partial charge in [0.2, 0.25) is 0 Å². The highest BCUT2D eigenvalue weighted by Crippen LogP contribution is 2.52. The highest BCUT2D eigenvalue weighted by atomic mass is 16.5. The number of hydrogen-bond acceptors (Lipinski definition) is 3. The van der Waals surface area contributed by atoms with E-state index in [1.807, 2.05) is 0 Å². The number of amides is 2. The van der Waals surface area contributed by atoms with Crippen LogP contribution in [-0.4, -0.2) is 42.0 Å². The van der Waals surface area contributed by atoms with E-state index in [-0.39, 0.29) is 29.6 Å². The summed E-state index contributed by atoms with van der Waals surface area (Å²) in [4.78, 5) is 12.2. The monoisotopic (exact) mass is 282 g/mol. The number of ether oxygens (including phenoxy) is 1. The Kier molecular flexibility index (Phi) is 3.67. The van der Waals surface area contributed by atoms with Crippen LogP contribution in [0.5, 0.6) is 0 Å². The third-order valence-corrected chi connectivity index (χ3v) is 5.43. The van der Waals surface area contributed by atoms with Gasteiger partial charge in [0.15, 0.2) is 0 Å². The van der Waals surface area contributed by atoms with Crippen molar-refractivity contribution in [1.82, 2.24) is 10.6 Å². The molecule has 3 rings (SSSR count). The molecule has 2 saturated carbocycles. The van der Waals surface area contributed by atoms with Crippen molar-refractivity contribution in [3.8, 4) is 0 Å². The van der Waals surface area contributed by atoms with Crippen LogP contribution in [0.3, 0.4) is 0 Å². The average molecular weight is 282 g/mol. The molecule has 1 saturated heterocycles. The number of nitrogens with one attached hydrogen (secondary N) is 2. The van der Waals surface area contributed by atoms with Crippen LogP contribution < -0.4 is 10.6 Å². The maximum Gasteiger partial charge on any atom is 0.315 e. The molecule has 0 radical (unpaired) electrons. The van der Waals surface area contributed by atoms with E-state index in [1.165, 1.54) is 0 Å². The number of fused-ring (bicyclic) bond motifs is 1. The van der Waals surface area contributed by atoms with Crippen LogP contribution in [0.2, 0.25) is 0 Å². The first-order valence-electron chi connectivity index (χ1n) is 7.87. The third kappa shape index (κ3) is 2.31. The van der Waals surface area contributed by atoms with Gasteiger partial charge in [0.25, 0.3) is 0 Å². The van der Waals surface area contributed by atoms with E-state index in [2.05, 4.69) is 24.5 Å². The molecule has 1 aliphatic heterocycles. The lowest BCUT2D eigenvalue weighted by Gasteiger charge is -2.54. The van der Waals surface area contributed by atoms with E-state index < -0.39 is 6.10 Å². The number of carbonyl (C=O) groups excluding carboxylic acids is 1. The molecule has 5 atom stereocenters. The zero-order valence-electron chi connectivity index (χ0n) is 12.4. The average Bonchev–Trinajstić information content (AvgIpc) is 2.86. The van der Waals surface area contributed by atoms with Crippen LogP contribution in [0, 0.1) is 11.3 Å². The van der Waals surface area contributed by atoms with E-state index in [0.29, 0.717) is 5.92 Å². The highest BCUT2D eigenvalue weighted by Gasteiger charge is 2.59. The summed E-state index contributed by atoms with van der Waals surface area (Å²) in [5.41, 5.74) is 0.00366. The van der Waals surface area contributed by atoms with E-state index in [9.17, 15) is 9.90 Å². The van der Waals surface area contributed by atoms with Crippen LogP contribution in [0.25, 0.3) is 0 Å². The van der Waals surface area contributed by atoms with Crippen molar-refractivity contribution in [3.05, 3.63) is 0 Å². The molecule has 5 heteroatoms. The smallest absolute Gasteiger partial charge is 0.315 e. The maximum atomic E-state index is 12.2. The normalized spacial score (nSPS) is 42.5. The van der Waals surface area contributed by atoms with E-state index in [0.717, 1.165) is 38.7 Å². The first kappa shape index (κ1) is 14.1. The molecule has 2 amide bonds. The van der Waals surface area contributed by atoms with Crippen LogP contribution in [0.15, 0.2) is 0 Å². The van der Waals surface area contributed by atoms with Crippen molar-refractivity contribution in [1.29, 1.82) is 0 Å². The fourth-order valence-corrected chi connectivity index (χ4v) is 4.25. The van der Waals surface area contributed by atoms with Crippen LogP contribution in [0.4, 0.5) is 4.79 Å². The SMILES string of the molecule is CC1(C)C(NC(=O)NC2CCCCC2O)C2CCOC21. The molecule has 0 bridgehead atoms. The molecule has 0 aromatic heterocycles. The van der Waals surface area contributed by atoms with E-state index in [4.69, 9.17) is 4.74 Å². The van der Waals surface area contributed by atoms with Gasteiger partial charge in [-0.05, 0) is 19.3 Å². The van der Waals surface area contributed by atoms with Gasteiger partial charge in [0.1, 0.15) is 0 Å². The second-order valence-electron chi connectivity index (χ2n) is 7.12. The summed E-state index contributed by atoms with van der Waals surface area (Å²) in [6.07, 6.45) is 4.72. The minimum Gasteiger partial charge on any atom is -0.391 e. The Morgan fingerprint density at radius 3 is 2.70 bits per heavy atom. The Bertz CT molecular complexity index is 385. The van der Waals surface area contributed by atoms with Crippen molar-refractivity contribution < 1.29 is 14.6 Å². The van der Waals surface area contributed by atoms with Gasteiger partial charge in [0.05, 0.1) is 18.2 Å². The van der Waals surface area contributed by atoms with Gasteiger partial charge in [-0.25, -0.2) is 4.79 Å². The predicted molar refractivity (Wildman–Crippen MR) is 75.3 cm³/mol. The van der Waals surface area contributed by atoms with Crippen molar-refractivity contribution in [2.75, 3.05) is 6.61 Å². The quantitative estimate of drug-likeness (QED) is 0.717. The first-order valence-corrected chi connectivity index (χ1v) is 7.87. The number of hydrogen-bond donors (Lipinski definition) is 3. The zero-order valence-corrected chi connectivity index (χ0v) is 12.4. The summed E-state index contributed by atoms with van der Waals surface area (Å²) in [5, 5.41) is 16.0. The second-order valence-corrected chi connectivity index (χ2v) is 7.12. The van der Waals surface area contributed by atoms with Gasteiger partial charge in [-0.1, -0.05) is 26.7 Å². The number of rotatable bonds is 2. The Morgan fingerprint density at radius 1 is 1.20 bits per heavy atom. The van der Waals surface area contributed by atoms with Crippen LogP contribution in [-0.2, 0) is 4.74 Å². The molecule has 0 aromatic rings. The van der Waals surface area contributed by atoms with Crippen molar-refractivity contribution in [2.45, 2.75) is 70.2 Å². The lowest BCUT2D eigenvalue weighted by molar-refractivity contribution is -0.108. The maximum absolute atomic E-state index is 12.2. The Hall–Kier alpha value is -0.810. The lowest BCUT2D eigenvalue weighted by Crippen LogP contribution is -2.68. The first-order chi connectivity index (χ1) is 9.50. The van der Waals surface area contributed by atoms with Gasteiger partial charge >= 0.3 is 6.03 Å². The standard InChI is InChI=1S/C15H26N2O3/c1-15(2)12(9-7-8-20-13(9)15)17-14(19)16-10-5-3-4-6-11(10)18/h9-13,18H,3-8H2,1-2H3,(H2,16,17,19). The topological polar surface area (TPSA) is 70.6 Å². The minimum absolute atomic E-state index is 0.00366.